The molecule has 2 N–H and O–H groups in total. The molecule has 4 saturated carbocycles. The van der Waals surface area contributed by atoms with Gasteiger partial charge in [-0.3, -0.25) is 10.1 Å². The largest absolute Gasteiger partial charge is 0.618 e. The number of hydrogen-bond donors (Lipinski definition) is 2. The molecule has 8 nitrogen and oxygen atoms in total. The van der Waals surface area contributed by atoms with Crippen molar-refractivity contribution in [2.45, 2.75) is 44.1 Å². The van der Waals surface area contributed by atoms with Crippen molar-refractivity contribution in [1.82, 2.24) is 10.6 Å². The molecule has 0 aliphatic heterocycles. The van der Waals surface area contributed by atoms with Crippen molar-refractivity contribution in [2.75, 3.05) is 6.61 Å². The van der Waals surface area contributed by atoms with Crippen LogP contribution in [-0.2, 0) is 9.53 Å². The molecule has 1 aromatic heterocycles. The first kappa shape index (κ1) is 17.8. The molecule has 4 aliphatic rings. The summed E-state index contributed by atoms with van der Waals surface area (Å²) >= 11 is 0. The van der Waals surface area contributed by atoms with Gasteiger partial charge in [-0.05, 0) is 62.3 Å². The topological polar surface area (TPSA) is 111 Å². The van der Waals surface area contributed by atoms with Crippen molar-refractivity contribution < 1.29 is 23.9 Å². The van der Waals surface area contributed by atoms with Crippen LogP contribution in [0.2, 0.25) is 0 Å². The highest BCUT2D eigenvalue weighted by molar-refractivity contribution is 5.96. The molecule has 4 aliphatic carbocycles. The highest BCUT2D eigenvalue weighted by atomic mass is 16.5. The number of nitrogens with zero attached hydrogens (tertiary/aromatic N) is 1. The Kier molecular flexibility index (Phi) is 4.49. The quantitative estimate of drug-likeness (QED) is 0.469. The van der Waals surface area contributed by atoms with E-state index in [1.54, 1.807) is 0 Å². The number of hydrogen-bond acceptors (Lipinski definition) is 5. The van der Waals surface area contributed by atoms with Gasteiger partial charge in [-0.25, -0.2) is 9.59 Å². The molecule has 3 amide bonds. The van der Waals surface area contributed by atoms with Crippen LogP contribution in [0.4, 0.5) is 4.79 Å². The minimum Gasteiger partial charge on any atom is -0.618 e. The van der Waals surface area contributed by atoms with Crippen LogP contribution < -0.4 is 15.4 Å². The van der Waals surface area contributed by atoms with Gasteiger partial charge in [0.25, 0.3) is 5.91 Å². The predicted octanol–water partition coefficient (Wildman–Crippen LogP) is 1.27. The number of nitrogens with one attached hydrogen (secondary N) is 2. The van der Waals surface area contributed by atoms with Crippen LogP contribution in [0.1, 0.15) is 49.0 Å². The molecule has 27 heavy (non-hydrogen) atoms. The van der Waals surface area contributed by atoms with Crippen LogP contribution in [0.15, 0.2) is 24.4 Å². The molecule has 0 atom stereocenters. The van der Waals surface area contributed by atoms with Crippen molar-refractivity contribution in [3.8, 4) is 0 Å². The zero-order valence-corrected chi connectivity index (χ0v) is 15.0. The average Bonchev–Trinajstić information content (AvgIpc) is 2.58. The Hall–Kier alpha value is -2.64. The summed E-state index contributed by atoms with van der Waals surface area (Å²) in [7, 11) is 0. The minimum absolute atomic E-state index is 0.200. The van der Waals surface area contributed by atoms with Crippen LogP contribution in [-0.4, -0.2) is 30.1 Å². The van der Waals surface area contributed by atoms with Gasteiger partial charge in [0.15, 0.2) is 12.8 Å². The summed E-state index contributed by atoms with van der Waals surface area (Å²) in [5, 5.41) is 16.7. The summed E-state index contributed by atoms with van der Waals surface area (Å²) in [6.45, 7) is -0.623. The Bertz CT molecular complexity index is 743. The lowest BCUT2D eigenvalue weighted by Gasteiger charge is -2.56. The fraction of sp³-hybridized carbons (Fsp3) is 0.579. The zero-order valence-electron chi connectivity index (χ0n) is 15.0. The van der Waals surface area contributed by atoms with E-state index >= 15 is 0 Å². The van der Waals surface area contributed by atoms with Gasteiger partial charge in [-0.15, -0.1) is 0 Å². The second kappa shape index (κ2) is 6.83. The lowest BCUT2D eigenvalue weighted by atomic mass is 9.53. The van der Waals surface area contributed by atoms with Crippen molar-refractivity contribution in [3.63, 3.8) is 0 Å². The molecular weight excluding hydrogens is 350 g/mol. The molecule has 0 saturated heterocycles. The fourth-order valence-electron chi connectivity index (χ4n) is 5.49. The van der Waals surface area contributed by atoms with Gasteiger partial charge in [-0.2, -0.15) is 4.73 Å². The number of rotatable bonds is 4. The van der Waals surface area contributed by atoms with E-state index in [2.05, 4.69) is 10.6 Å². The number of esters is 1. The van der Waals surface area contributed by atoms with Crippen molar-refractivity contribution >= 4 is 17.9 Å². The average molecular weight is 373 g/mol. The van der Waals surface area contributed by atoms with Crippen LogP contribution in [0.5, 0.6) is 0 Å². The normalized spacial score (nSPS) is 30.6. The van der Waals surface area contributed by atoms with Gasteiger partial charge in [0, 0.05) is 17.7 Å². The predicted molar refractivity (Wildman–Crippen MR) is 93.3 cm³/mol. The number of amides is 3. The highest BCUT2D eigenvalue weighted by Gasteiger charge is 2.51. The maximum Gasteiger partial charge on any atom is 0.405 e. The van der Waals surface area contributed by atoms with E-state index in [0.717, 1.165) is 25.5 Å². The number of pyridine rings is 1. The highest BCUT2D eigenvalue weighted by Crippen LogP contribution is 2.55. The van der Waals surface area contributed by atoms with Gasteiger partial charge in [0.05, 0.1) is 0 Å². The number of carbonyl (C=O) groups excluding carboxylic acids is 3. The number of urea groups is 1. The molecular formula is C19H23N3O5. The number of imide groups is 1. The van der Waals surface area contributed by atoms with Crippen LogP contribution in [0.25, 0.3) is 0 Å². The minimum atomic E-state index is -0.915. The van der Waals surface area contributed by atoms with Gasteiger partial charge in [0.1, 0.15) is 0 Å². The fourth-order valence-corrected chi connectivity index (χ4v) is 5.49. The van der Waals surface area contributed by atoms with E-state index in [1.807, 2.05) is 0 Å². The summed E-state index contributed by atoms with van der Waals surface area (Å²) in [4.78, 5) is 36.0. The Morgan fingerprint density at radius 3 is 2.33 bits per heavy atom. The van der Waals surface area contributed by atoms with E-state index in [-0.39, 0.29) is 11.2 Å². The molecule has 0 aromatic carbocycles. The van der Waals surface area contributed by atoms with E-state index in [9.17, 15) is 19.6 Å². The van der Waals surface area contributed by atoms with Crippen molar-refractivity contribution in [3.05, 3.63) is 35.3 Å². The van der Waals surface area contributed by atoms with Crippen molar-refractivity contribution in [1.29, 1.82) is 0 Å². The summed E-state index contributed by atoms with van der Waals surface area (Å²) in [6.07, 6.45) is 7.88. The van der Waals surface area contributed by atoms with Gasteiger partial charge in [0.2, 0.25) is 0 Å². The standard InChI is InChI=1S/C19H23N3O5/c23-16(11-27-17(24)15-3-1-2-4-22(15)26)20-18(25)21-19-8-12-5-13(9-19)7-14(6-12)10-19/h1-4,12-14H,5-11H2,(H2,20,21,23,25). The Labute approximate surface area is 156 Å². The third-order valence-electron chi connectivity index (χ3n) is 6.04. The maximum atomic E-state index is 12.3. The Morgan fingerprint density at radius 2 is 1.74 bits per heavy atom. The Balaban J connectivity index is 1.27. The summed E-state index contributed by atoms with van der Waals surface area (Å²) < 4.78 is 5.17. The zero-order chi connectivity index (χ0) is 19.0. The molecule has 1 heterocycles. The first-order valence-corrected chi connectivity index (χ1v) is 9.40. The first-order valence-electron chi connectivity index (χ1n) is 9.40. The van der Waals surface area contributed by atoms with Gasteiger partial charge >= 0.3 is 17.7 Å². The molecule has 5 rings (SSSR count). The van der Waals surface area contributed by atoms with Crippen molar-refractivity contribution in [2.24, 2.45) is 17.8 Å². The number of ether oxygens (including phenoxy) is 1. The van der Waals surface area contributed by atoms with E-state index < -0.39 is 24.5 Å². The number of aromatic nitrogens is 1. The van der Waals surface area contributed by atoms with E-state index in [1.165, 1.54) is 37.5 Å². The molecule has 4 bridgehead atoms. The van der Waals surface area contributed by atoms with Gasteiger partial charge in [-0.1, -0.05) is 0 Å². The van der Waals surface area contributed by atoms with E-state index in [4.69, 9.17) is 4.74 Å². The van der Waals surface area contributed by atoms with Crippen LogP contribution in [0.3, 0.4) is 0 Å². The summed E-state index contributed by atoms with van der Waals surface area (Å²) in [5.41, 5.74) is -0.420. The second-order valence-corrected chi connectivity index (χ2v) is 8.19. The molecule has 8 heteroatoms. The van der Waals surface area contributed by atoms with E-state index in [0.29, 0.717) is 22.5 Å². The maximum absolute atomic E-state index is 12.3. The SMILES string of the molecule is O=C(COC(=O)c1cccc[n+]1[O-])NC(=O)NC12CC3CC(CC(C3)C1)C2. The molecule has 144 valence electrons. The second-order valence-electron chi connectivity index (χ2n) is 8.19. The molecule has 0 spiro atoms. The van der Waals surface area contributed by atoms with Crippen LogP contribution in [0, 0.1) is 23.0 Å². The molecule has 1 aromatic rings. The first-order chi connectivity index (χ1) is 12.9. The summed E-state index contributed by atoms with van der Waals surface area (Å²) in [5.74, 6) is 0.398. The third kappa shape index (κ3) is 3.74. The molecule has 4 fully saturated rings. The lowest BCUT2D eigenvalue weighted by Crippen LogP contribution is -2.62. The third-order valence-corrected chi connectivity index (χ3v) is 6.04. The Morgan fingerprint density at radius 1 is 1.11 bits per heavy atom. The van der Waals surface area contributed by atoms with Gasteiger partial charge < -0.3 is 15.3 Å². The smallest absolute Gasteiger partial charge is 0.405 e. The summed E-state index contributed by atoms with van der Waals surface area (Å²) in [6, 6.07) is 3.75. The number of carbonyl (C=O) groups is 3. The lowest BCUT2D eigenvalue weighted by molar-refractivity contribution is -0.608. The molecule has 0 radical (unpaired) electrons. The van der Waals surface area contributed by atoms with Crippen LogP contribution >= 0.6 is 0 Å². The molecule has 0 unspecified atom stereocenters. The monoisotopic (exact) mass is 373 g/mol.